The highest BCUT2D eigenvalue weighted by Crippen LogP contribution is 2.26. The topological polar surface area (TPSA) is 34.1 Å². The van der Waals surface area contributed by atoms with Gasteiger partial charge in [-0.05, 0) is 13.0 Å². The molecule has 0 fully saturated rings. The fourth-order valence-electron chi connectivity index (χ4n) is 1.04. The lowest BCUT2D eigenvalue weighted by atomic mass is 10.6. The Bertz CT molecular complexity index is 219. The lowest BCUT2D eigenvalue weighted by Crippen LogP contribution is -2.39. The molecule has 0 aliphatic rings. The van der Waals surface area contributed by atoms with Crippen molar-refractivity contribution in [3.63, 3.8) is 0 Å². The molecule has 1 atom stereocenters. The molecule has 0 radical (unpaired) electrons. The summed E-state index contributed by atoms with van der Waals surface area (Å²) < 4.78 is 22.1. The maximum absolute atomic E-state index is 11.1. The maximum atomic E-state index is 11.1. The van der Waals surface area contributed by atoms with E-state index in [9.17, 15) is 8.42 Å². The first-order valence-electron chi connectivity index (χ1n) is 3.26. The van der Waals surface area contributed by atoms with Crippen molar-refractivity contribution in [2.75, 3.05) is 6.26 Å². The van der Waals surface area contributed by atoms with Crippen LogP contribution in [0.4, 0.5) is 0 Å². The first-order valence-corrected chi connectivity index (χ1v) is 9.81. The Labute approximate surface area is 78.2 Å². The lowest BCUT2D eigenvalue weighted by Gasteiger charge is -2.20. The minimum atomic E-state index is -3.07. The van der Waals surface area contributed by atoms with Gasteiger partial charge in [-0.1, -0.05) is 6.92 Å². The molecule has 0 aromatic heterocycles. The molecule has 0 rings (SSSR count). The lowest BCUT2D eigenvalue weighted by molar-refractivity contribution is 0.596. The summed E-state index contributed by atoms with van der Waals surface area (Å²) in [4.78, 5) is -0.543. The second-order valence-electron chi connectivity index (χ2n) is 2.68. The van der Waals surface area contributed by atoms with Gasteiger partial charge < -0.3 is 0 Å². The first kappa shape index (κ1) is 11.7. The highest BCUT2D eigenvalue weighted by Gasteiger charge is 2.39. The van der Waals surface area contributed by atoms with Crippen molar-refractivity contribution in [2.45, 2.75) is 24.8 Å². The molecule has 0 spiro atoms. The third kappa shape index (κ3) is 3.78. The van der Waals surface area contributed by atoms with Gasteiger partial charge in [0.25, 0.3) is 6.69 Å². The average molecular weight is 235 g/mol. The Kier molecular flexibility index (Phi) is 3.89. The van der Waals surface area contributed by atoms with Gasteiger partial charge in [0.05, 0.1) is 4.87 Å². The van der Waals surface area contributed by atoms with Crippen LogP contribution < -0.4 is 0 Å². The van der Waals surface area contributed by atoms with Crippen molar-refractivity contribution in [1.29, 1.82) is 0 Å². The predicted molar refractivity (Wildman–Crippen MR) is 52.2 cm³/mol. The van der Waals surface area contributed by atoms with Crippen molar-refractivity contribution >= 4 is 38.7 Å². The number of hydrogen-bond donors (Lipinski definition) is 0. The van der Waals surface area contributed by atoms with Crippen molar-refractivity contribution < 1.29 is 8.42 Å². The van der Waals surface area contributed by atoms with Gasteiger partial charge in [-0.15, -0.1) is 22.2 Å². The molecule has 0 aromatic rings. The SMILES string of the molecule is CCC([Si](C)(Cl)Cl)S(C)(=O)=O. The van der Waals surface area contributed by atoms with E-state index in [1.807, 2.05) is 0 Å². The largest absolute Gasteiger partial charge is 0.265 e. The minimum Gasteiger partial charge on any atom is -0.229 e. The molecule has 0 N–H and O–H groups in total. The third-order valence-corrected chi connectivity index (χ3v) is 9.41. The fraction of sp³-hybridized carbons (Fsp3) is 1.00. The minimum absolute atomic E-state index is 0.495. The molecular weight excluding hydrogens is 223 g/mol. The van der Waals surface area contributed by atoms with Crippen LogP contribution in [0.1, 0.15) is 13.3 Å². The van der Waals surface area contributed by atoms with E-state index in [4.69, 9.17) is 22.2 Å². The summed E-state index contributed by atoms with van der Waals surface area (Å²) in [7, 11) is -3.07. The Morgan fingerprint density at radius 1 is 1.45 bits per heavy atom. The Hall–Kier alpha value is 0.747. The van der Waals surface area contributed by atoms with Crippen molar-refractivity contribution in [2.24, 2.45) is 0 Å². The average Bonchev–Trinajstić information content (AvgIpc) is 1.56. The molecule has 0 aliphatic carbocycles. The molecule has 11 heavy (non-hydrogen) atoms. The fourth-order valence-corrected chi connectivity index (χ4v) is 9.21. The molecule has 0 heterocycles. The zero-order valence-electron chi connectivity index (χ0n) is 6.77. The van der Waals surface area contributed by atoms with Crippen molar-refractivity contribution in [3.05, 3.63) is 0 Å². The van der Waals surface area contributed by atoms with Crippen LogP contribution in [0.15, 0.2) is 0 Å². The standard InChI is InChI=1S/C5H12Cl2O2SSi/c1-4-5(10(2,8)9)11(3,6)7/h5H,4H2,1-3H3. The Balaban J connectivity index is 4.72. The summed E-state index contributed by atoms with van der Waals surface area (Å²) in [6, 6.07) is 0. The van der Waals surface area contributed by atoms with Gasteiger partial charge in [0, 0.05) is 6.26 Å². The van der Waals surface area contributed by atoms with E-state index >= 15 is 0 Å². The Morgan fingerprint density at radius 2 is 1.82 bits per heavy atom. The molecule has 0 aromatic carbocycles. The second kappa shape index (κ2) is 3.64. The van der Waals surface area contributed by atoms with Gasteiger partial charge in [-0.25, -0.2) is 8.42 Å². The molecule has 68 valence electrons. The van der Waals surface area contributed by atoms with E-state index in [-0.39, 0.29) is 0 Å². The van der Waals surface area contributed by atoms with E-state index in [1.165, 1.54) is 6.26 Å². The number of sulfone groups is 1. The molecule has 6 heteroatoms. The zero-order valence-corrected chi connectivity index (χ0v) is 10.1. The number of halogens is 2. The first-order chi connectivity index (χ1) is 4.69. The summed E-state index contributed by atoms with van der Waals surface area (Å²) in [6.07, 6.45) is 1.67. The highest BCUT2D eigenvalue weighted by atomic mass is 35.7. The highest BCUT2D eigenvalue weighted by molar-refractivity contribution is 7.95. The molecular formula is C5H12Cl2O2SSi. The van der Waals surface area contributed by atoms with E-state index in [0.717, 1.165) is 0 Å². The number of hydrogen-bond acceptors (Lipinski definition) is 2. The van der Waals surface area contributed by atoms with Crippen LogP contribution in [0.5, 0.6) is 0 Å². The summed E-state index contributed by atoms with van der Waals surface area (Å²) in [5, 5.41) is 0. The molecule has 0 amide bonds. The van der Waals surface area contributed by atoms with Crippen LogP contribution in [0, 0.1) is 0 Å². The molecule has 0 saturated heterocycles. The van der Waals surface area contributed by atoms with Gasteiger partial charge in [0.15, 0.2) is 0 Å². The summed E-state index contributed by atoms with van der Waals surface area (Å²) in [5.41, 5.74) is 0. The molecule has 1 unspecified atom stereocenters. The quantitative estimate of drug-likeness (QED) is 0.553. The summed E-state index contributed by atoms with van der Waals surface area (Å²) >= 11 is 11.6. The maximum Gasteiger partial charge on any atom is 0.265 e. The molecule has 0 aliphatic heterocycles. The monoisotopic (exact) mass is 234 g/mol. The van der Waals surface area contributed by atoms with Gasteiger partial charge in [-0.2, -0.15) is 0 Å². The van der Waals surface area contributed by atoms with Gasteiger partial charge in [0.1, 0.15) is 9.84 Å². The zero-order chi connectivity index (χ0) is 9.28. The van der Waals surface area contributed by atoms with Crippen molar-refractivity contribution in [3.8, 4) is 0 Å². The van der Waals surface area contributed by atoms with Crippen LogP contribution in [0.2, 0.25) is 6.55 Å². The Morgan fingerprint density at radius 3 is 1.82 bits per heavy atom. The van der Waals surface area contributed by atoms with Crippen LogP contribution in [0.3, 0.4) is 0 Å². The van der Waals surface area contributed by atoms with Gasteiger partial charge in [-0.3, -0.25) is 0 Å². The second-order valence-corrected chi connectivity index (χ2v) is 13.2. The van der Waals surface area contributed by atoms with Crippen LogP contribution in [-0.4, -0.2) is 26.2 Å². The summed E-state index contributed by atoms with van der Waals surface area (Å²) in [6.45, 7) is 0.844. The van der Waals surface area contributed by atoms with Crippen LogP contribution >= 0.6 is 22.2 Å². The van der Waals surface area contributed by atoms with Gasteiger partial charge >= 0.3 is 0 Å². The third-order valence-electron chi connectivity index (χ3n) is 1.45. The van der Waals surface area contributed by atoms with E-state index < -0.39 is 21.4 Å². The molecule has 0 saturated carbocycles. The smallest absolute Gasteiger partial charge is 0.229 e. The van der Waals surface area contributed by atoms with Crippen molar-refractivity contribution in [1.82, 2.24) is 0 Å². The molecule has 0 bridgehead atoms. The van der Waals surface area contributed by atoms with E-state index in [0.29, 0.717) is 6.42 Å². The van der Waals surface area contributed by atoms with Crippen LogP contribution in [0.25, 0.3) is 0 Å². The number of rotatable bonds is 3. The van der Waals surface area contributed by atoms with E-state index in [2.05, 4.69) is 0 Å². The molecule has 2 nitrogen and oxygen atoms in total. The summed E-state index contributed by atoms with van der Waals surface area (Å²) in [5.74, 6) is 0. The normalized spacial score (nSPS) is 16.5. The van der Waals surface area contributed by atoms with Gasteiger partial charge in [0.2, 0.25) is 0 Å². The van der Waals surface area contributed by atoms with E-state index in [1.54, 1.807) is 13.5 Å². The predicted octanol–water partition coefficient (Wildman–Crippen LogP) is 1.90. The van der Waals surface area contributed by atoms with Crippen LogP contribution in [-0.2, 0) is 9.84 Å².